The van der Waals surface area contributed by atoms with Gasteiger partial charge in [-0.25, -0.2) is 0 Å². The van der Waals surface area contributed by atoms with Gasteiger partial charge in [-0.05, 0) is 176 Å². The van der Waals surface area contributed by atoms with Gasteiger partial charge in [0, 0.05) is 89.3 Å². The Bertz CT molecular complexity index is 5480. The van der Waals surface area contributed by atoms with E-state index in [4.69, 9.17) is 0 Å². The van der Waals surface area contributed by atoms with Gasteiger partial charge in [0.2, 0.25) is 6.71 Å². The highest BCUT2D eigenvalue weighted by molar-refractivity contribution is 8.00. The number of benzene rings is 15. The van der Waals surface area contributed by atoms with Crippen molar-refractivity contribution in [1.29, 1.82) is 0 Å². The van der Waals surface area contributed by atoms with Crippen LogP contribution in [-0.2, 0) is 0 Å². The second-order valence-electron chi connectivity index (χ2n) is 25.5. The van der Waals surface area contributed by atoms with Crippen LogP contribution >= 0.6 is 11.8 Å². The molecule has 5 nitrogen and oxygen atoms in total. The van der Waals surface area contributed by atoms with Crippen molar-refractivity contribution in [3.05, 3.63) is 370 Å². The van der Waals surface area contributed by atoms with Crippen molar-refractivity contribution in [3.8, 4) is 33.4 Å². The third kappa shape index (κ3) is 9.58. The van der Waals surface area contributed by atoms with Gasteiger partial charge in [0.05, 0.1) is 11.4 Å². The van der Waals surface area contributed by atoms with Crippen molar-refractivity contribution in [3.63, 3.8) is 0 Å². The molecular formula is C90H61B2N5S. The van der Waals surface area contributed by atoms with Crippen LogP contribution in [0.1, 0.15) is 0 Å². The van der Waals surface area contributed by atoms with Crippen molar-refractivity contribution < 1.29 is 0 Å². The first kappa shape index (κ1) is 57.2. The molecule has 0 amide bonds. The lowest BCUT2D eigenvalue weighted by Gasteiger charge is -2.46. The Balaban J connectivity index is 0.900. The van der Waals surface area contributed by atoms with E-state index < -0.39 is 0 Å². The van der Waals surface area contributed by atoms with Crippen LogP contribution in [0.15, 0.2) is 380 Å². The highest BCUT2D eigenvalue weighted by Crippen LogP contribution is 2.53. The lowest BCUT2D eigenvalue weighted by atomic mass is 9.31. The summed E-state index contributed by atoms with van der Waals surface area (Å²) in [6, 6.07) is 137. The number of para-hydroxylation sites is 7. The quantitative estimate of drug-likeness (QED) is 0.113. The van der Waals surface area contributed by atoms with E-state index in [0.29, 0.717) is 0 Å². The minimum Gasteiger partial charge on any atom is -0.311 e. The molecule has 0 fully saturated rings. The number of rotatable bonds is 12. The molecule has 4 heterocycles. The van der Waals surface area contributed by atoms with Crippen LogP contribution in [0.25, 0.3) is 33.4 Å². The lowest BCUT2D eigenvalue weighted by molar-refractivity contribution is 1.22. The Labute approximate surface area is 577 Å². The van der Waals surface area contributed by atoms with Crippen molar-refractivity contribution in [1.82, 2.24) is 0 Å². The van der Waals surface area contributed by atoms with Gasteiger partial charge < -0.3 is 24.5 Å². The summed E-state index contributed by atoms with van der Waals surface area (Å²) in [5, 5.41) is 0. The minimum atomic E-state index is -0.177. The van der Waals surface area contributed by atoms with Crippen molar-refractivity contribution >= 4 is 143 Å². The zero-order chi connectivity index (χ0) is 64.6. The molecule has 0 unspecified atom stereocenters. The van der Waals surface area contributed by atoms with Crippen LogP contribution in [0.3, 0.4) is 0 Å². The molecule has 8 heteroatoms. The molecule has 0 saturated carbocycles. The summed E-state index contributed by atoms with van der Waals surface area (Å²) in [7, 11) is 0. The molecule has 15 aromatic rings. The third-order valence-electron chi connectivity index (χ3n) is 20.0. The first-order valence-electron chi connectivity index (χ1n) is 33.7. The topological polar surface area (TPSA) is 16.2 Å². The zero-order valence-corrected chi connectivity index (χ0v) is 54.3. The minimum absolute atomic E-state index is 0.102. The van der Waals surface area contributed by atoms with E-state index in [2.05, 4.69) is 395 Å². The maximum Gasteiger partial charge on any atom is 0.252 e. The van der Waals surface area contributed by atoms with Crippen molar-refractivity contribution in [2.24, 2.45) is 0 Å². The molecule has 0 spiro atoms. The standard InChI is InChI=1S/C90H61B2N5S/c1-8-29-62(30-9-1)64-51-53-71(54-52-64)94(72-44-28-35-66(55-72)63-31-10-2-11-32-63)73-56-84-89-85(57-73)97(80-48-25-22-45-75(80)65-33-12-3-13-34-65)83-61-87-79(60-78(83)91(89)76-46-23-26-49-81(76)95(84)69-40-18-6-19-41-69)92-77-47-24-27-50-82(77)96(70-42-20-7-21-43-70)86-58-74(59-88(98-87)90(86)92)93(67-36-14-4-15-37-67)68-38-16-5-17-39-68/h1-61H. The van der Waals surface area contributed by atoms with Gasteiger partial charge in [-0.2, -0.15) is 0 Å². The molecule has 0 atom stereocenters. The van der Waals surface area contributed by atoms with Gasteiger partial charge in [0.1, 0.15) is 0 Å². The molecule has 0 radical (unpaired) electrons. The first-order chi connectivity index (χ1) is 48.6. The predicted molar refractivity (Wildman–Crippen MR) is 416 cm³/mol. The highest BCUT2D eigenvalue weighted by atomic mass is 32.2. The molecule has 0 saturated heterocycles. The van der Waals surface area contributed by atoms with Crippen LogP contribution in [0.5, 0.6) is 0 Å². The van der Waals surface area contributed by atoms with Gasteiger partial charge in [0.25, 0.3) is 6.71 Å². The number of nitrogens with zero attached hydrogens (tertiary/aromatic N) is 5. The molecule has 0 aromatic heterocycles. The second kappa shape index (κ2) is 23.9. The van der Waals surface area contributed by atoms with Gasteiger partial charge >= 0.3 is 0 Å². The molecule has 4 aliphatic heterocycles. The molecule has 0 N–H and O–H groups in total. The number of hydrogen-bond donors (Lipinski definition) is 0. The van der Waals surface area contributed by atoms with E-state index >= 15 is 0 Å². The SMILES string of the molecule is c1ccc(-c2ccc(N(c3cccc(-c4ccccc4)c3)c3cc4c5c(c3)N(c3ccccc3-c3ccccc3)c3cc6c(cc3B5c3ccccc3N4c3ccccc3)B3c4ccccc4N(c4ccccc4)c4cc(N(c5ccccc5)c5ccccc5)cc(c43)S6)cc2)cc1. The summed E-state index contributed by atoms with van der Waals surface area (Å²) < 4.78 is 0. The summed E-state index contributed by atoms with van der Waals surface area (Å²) in [4.78, 5) is 15.1. The van der Waals surface area contributed by atoms with E-state index in [1.54, 1.807) is 0 Å². The average Bonchev–Trinajstić information content (AvgIpc) is 0.689. The fourth-order valence-electron chi connectivity index (χ4n) is 15.8. The monoisotopic (exact) mass is 1270 g/mol. The van der Waals surface area contributed by atoms with E-state index in [0.717, 1.165) is 102 Å². The Morgan fingerprint density at radius 3 is 1.20 bits per heavy atom. The lowest BCUT2D eigenvalue weighted by Crippen LogP contribution is -2.64. The van der Waals surface area contributed by atoms with Gasteiger partial charge in [-0.3, -0.25) is 0 Å². The fraction of sp³-hybridized carbons (Fsp3) is 0. The second-order valence-corrected chi connectivity index (χ2v) is 26.6. The summed E-state index contributed by atoms with van der Waals surface area (Å²) >= 11 is 1.91. The van der Waals surface area contributed by atoms with E-state index in [9.17, 15) is 0 Å². The Morgan fingerprint density at radius 2 is 0.622 bits per heavy atom. The van der Waals surface area contributed by atoms with Crippen LogP contribution < -0.4 is 57.3 Å². The van der Waals surface area contributed by atoms with Crippen LogP contribution in [0, 0.1) is 0 Å². The van der Waals surface area contributed by atoms with E-state index in [-0.39, 0.29) is 13.4 Å². The maximum atomic E-state index is 2.65. The number of anilines is 15. The summed E-state index contributed by atoms with van der Waals surface area (Å²) in [5.74, 6) is 0. The summed E-state index contributed by atoms with van der Waals surface area (Å²) in [6.45, 7) is -0.279. The maximum absolute atomic E-state index is 2.65. The predicted octanol–water partition coefficient (Wildman–Crippen LogP) is 20.5. The molecule has 98 heavy (non-hydrogen) atoms. The highest BCUT2D eigenvalue weighted by Gasteiger charge is 2.48. The Kier molecular flexibility index (Phi) is 14.0. The fourth-order valence-corrected chi connectivity index (χ4v) is 17.0. The molecular weight excluding hydrogens is 1200 g/mol. The van der Waals surface area contributed by atoms with Gasteiger partial charge in [-0.1, -0.05) is 266 Å². The Hall–Kier alpha value is -12.2. The van der Waals surface area contributed by atoms with Gasteiger partial charge in [-0.15, -0.1) is 0 Å². The molecule has 19 rings (SSSR count). The zero-order valence-electron chi connectivity index (χ0n) is 53.5. The third-order valence-corrected chi connectivity index (χ3v) is 21.1. The van der Waals surface area contributed by atoms with E-state index in [1.807, 2.05) is 11.8 Å². The van der Waals surface area contributed by atoms with Crippen LogP contribution in [0.2, 0.25) is 0 Å². The average molecular weight is 1270 g/mol. The molecule has 0 bridgehead atoms. The summed E-state index contributed by atoms with van der Waals surface area (Å²) in [5.41, 5.74) is 31.2. The smallest absolute Gasteiger partial charge is 0.252 e. The number of fused-ring (bicyclic) bond motifs is 8. The van der Waals surface area contributed by atoms with Crippen molar-refractivity contribution in [2.75, 3.05) is 24.5 Å². The number of hydrogen-bond acceptors (Lipinski definition) is 6. The Morgan fingerprint density at radius 1 is 0.214 bits per heavy atom. The van der Waals surface area contributed by atoms with Crippen molar-refractivity contribution in [2.45, 2.75) is 9.79 Å². The largest absolute Gasteiger partial charge is 0.311 e. The molecule has 0 aliphatic carbocycles. The van der Waals surface area contributed by atoms with Crippen LogP contribution in [0.4, 0.5) is 85.3 Å². The normalized spacial score (nSPS) is 12.8. The molecule has 458 valence electrons. The van der Waals surface area contributed by atoms with Gasteiger partial charge in [0.15, 0.2) is 0 Å². The summed E-state index contributed by atoms with van der Waals surface area (Å²) in [6.07, 6.45) is 0. The van der Waals surface area contributed by atoms with Crippen LogP contribution in [-0.4, -0.2) is 13.4 Å². The molecule has 15 aromatic carbocycles. The molecule has 4 aliphatic rings. The van der Waals surface area contributed by atoms with E-state index in [1.165, 1.54) is 59.5 Å². The first-order valence-corrected chi connectivity index (χ1v) is 34.5.